The van der Waals surface area contributed by atoms with Crippen molar-refractivity contribution in [2.24, 2.45) is 4.99 Å². The topological polar surface area (TPSA) is 87.2 Å². The van der Waals surface area contributed by atoms with Crippen LogP contribution in [0.4, 0.5) is 0 Å². The predicted octanol–water partition coefficient (Wildman–Crippen LogP) is 3.53. The van der Waals surface area contributed by atoms with Crippen LogP contribution in [-0.2, 0) is 12.0 Å². The molecule has 7 nitrogen and oxygen atoms in total. The van der Waals surface area contributed by atoms with Crippen molar-refractivity contribution in [1.29, 1.82) is 0 Å². The molecule has 1 aliphatic carbocycles. The van der Waals surface area contributed by atoms with Crippen LogP contribution in [0, 0.1) is 0 Å². The van der Waals surface area contributed by atoms with Gasteiger partial charge in [0.05, 0.1) is 13.7 Å². The summed E-state index contributed by atoms with van der Waals surface area (Å²) in [5.74, 6) is 2.91. The normalized spacial score (nSPS) is 15.0. The minimum atomic E-state index is 0.135. The van der Waals surface area contributed by atoms with Crippen molar-refractivity contribution in [2.45, 2.75) is 24.8 Å². The highest BCUT2D eigenvalue weighted by molar-refractivity contribution is 6.30. The molecule has 0 spiro atoms. The number of H-pyrrole nitrogens is 1. The first kappa shape index (κ1) is 20.2. The number of nitrogens with one attached hydrogen (secondary N) is 3. The number of methoxy groups -OCH3 is 1. The second-order valence-electron chi connectivity index (χ2n) is 7.40. The van der Waals surface area contributed by atoms with E-state index in [9.17, 15) is 0 Å². The molecule has 0 radical (unpaired) electrons. The molecule has 3 N–H and O–H groups in total. The van der Waals surface area contributed by atoms with E-state index in [0.717, 1.165) is 47.5 Å². The van der Waals surface area contributed by atoms with E-state index < -0.39 is 0 Å². The monoisotopic (exact) mass is 424 g/mol. The highest BCUT2D eigenvalue weighted by atomic mass is 35.5. The van der Waals surface area contributed by atoms with E-state index in [4.69, 9.17) is 16.3 Å². The maximum atomic E-state index is 6.17. The van der Waals surface area contributed by atoms with Gasteiger partial charge < -0.3 is 15.4 Å². The first-order valence-corrected chi connectivity index (χ1v) is 10.3. The van der Waals surface area contributed by atoms with E-state index in [1.165, 1.54) is 5.56 Å². The Morgan fingerprint density at radius 1 is 1.20 bits per heavy atom. The average molecular weight is 425 g/mol. The molecule has 0 aliphatic heterocycles. The maximum Gasteiger partial charge on any atom is 0.191 e. The summed E-state index contributed by atoms with van der Waals surface area (Å²) >= 11 is 6.17. The fourth-order valence-electron chi connectivity index (χ4n) is 3.42. The largest absolute Gasteiger partial charge is 0.497 e. The average Bonchev–Trinajstić information content (AvgIpc) is 3.43. The van der Waals surface area contributed by atoms with Gasteiger partial charge in [-0.05, 0) is 54.8 Å². The van der Waals surface area contributed by atoms with E-state index in [2.05, 4.69) is 42.9 Å². The van der Waals surface area contributed by atoms with Crippen LogP contribution in [-0.4, -0.2) is 41.8 Å². The van der Waals surface area contributed by atoms with E-state index in [0.29, 0.717) is 12.4 Å². The third-order valence-corrected chi connectivity index (χ3v) is 5.65. The zero-order chi connectivity index (χ0) is 21.0. The van der Waals surface area contributed by atoms with Crippen LogP contribution in [0.3, 0.4) is 0 Å². The van der Waals surface area contributed by atoms with Gasteiger partial charge in [-0.2, -0.15) is 5.10 Å². The summed E-state index contributed by atoms with van der Waals surface area (Å²) in [6.45, 7) is 1.30. The maximum absolute atomic E-state index is 6.17. The molecule has 3 aromatic rings. The van der Waals surface area contributed by atoms with Crippen LogP contribution < -0.4 is 15.4 Å². The molecule has 0 bridgehead atoms. The molecule has 4 rings (SSSR count). The molecular weight excluding hydrogens is 400 g/mol. The lowest BCUT2D eigenvalue weighted by atomic mass is 9.96. The van der Waals surface area contributed by atoms with E-state index in [1.54, 1.807) is 14.2 Å². The summed E-state index contributed by atoms with van der Waals surface area (Å²) in [6, 6.07) is 15.8. The number of nitrogens with zero attached hydrogens (tertiary/aromatic N) is 3. The minimum absolute atomic E-state index is 0.135. The lowest BCUT2D eigenvalue weighted by molar-refractivity contribution is 0.415. The molecule has 0 saturated heterocycles. The van der Waals surface area contributed by atoms with Gasteiger partial charge in [-0.1, -0.05) is 23.7 Å². The number of benzene rings is 2. The van der Waals surface area contributed by atoms with Gasteiger partial charge in [0.15, 0.2) is 11.8 Å². The Hall–Kier alpha value is -3.06. The first-order valence-electron chi connectivity index (χ1n) is 9.88. The summed E-state index contributed by atoms with van der Waals surface area (Å²) < 4.78 is 5.19. The molecule has 1 fully saturated rings. The van der Waals surface area contributed by atoms with Gasteiger partial charge in [-0.3, -0.25) is 10.1 Å². The number of aromatic amines is 1. The van der Waals surface area contributed by atoms with Crippen molar-refractivity contribution in [1.82, 2.24) is 25.8 Å². The molecule has 1 saturated carbocycles. The van der Waals surface area contributed by atoms with E-state index in [-0.39, 0.29) is 5.41 Å². The highest BCUT2D eigenvalue weighted by Crippen LogP contribution is 2.48. The second-order valence-corrected chi connectivity index (χ2v) is 7.84. The third-order valence-electron chi connectivity index (χ3n) is 5.41. The molecule has 8 heteroatoms. The van der Waals surface area contributed by atoms with Crippen LogP contribution in [0.5, 0.6) is 5.75 Å². The number of guanidine groups is 1. The smallest absolute Gasteiger partial charge is 0.191 e. The van der Waals surface area contributed by atoms with E-state index in [1.807, 2.05) is 36.4 Å². The predicted molar refractivity (Wildman–Crippen MR) is 119 cm³/mol. The van der Waals surface area contributed by atoms with Gasteiger partial charge in [0.1, 0.15) is 11.6 Å². The lowest BCUT2D eigenvalue weighted by Gasteiger charge is -2.19. The Morgan fingerprint density at radius 3 is 2.67 bits per heavy atom. The molecule has 0 amide bonds. The molecule has 1 heterocycles. The number of halogens is 1. The standard InChI is InChI=1S/C22H25ClN6O/c1-24-21(26-14-22(10-11-22)16-4-3-5-17(23)12-16)25-13-19-27-20(29-28-19)15-6-8-18(30-2)9-7-15/h3-9,12H,10-11,13-14H2,1-2H3,(H2,24,25,26)(H,27,28,29). The molecule has 0 unspecified atom stereocenters. The fraction of sp³-hybridized carbons (Fsp3) is 0.318. The van der Waals surface area contributed by atoms with Gasteiger partial charge in [0, 0.05) is 29.6 Å². The zero-order valence-electron chi connectivity index (χ0n) is 17.1. The number of aliphatic imine (C=N–C) groups is 1. The number of rotatable bonds is 7. The van der Waals surface area contributed by atoms with Crippen molar-refractivity contribution >= 4 is 17.6 Å². The Bertz CT molecular complexity index is 1030. The third kappa shape index (κ3) is 4.57. The Kier molecular flexibility index (Phi) is 5.90. The number of ether oxygens (including phenoxy) is 1. The highest BCUT2D eigenvalue weighted by Gasteiger charge is 2.44. The molecule has 1 aliphatic rings. The minimum Gasteiger partial charge on any atom is -0.497 e. The van der Waals surface area contributed by atoms with Gasteiger partial charge in [0.25, 0.3) is 0 Å². The van der Waals surface area contributed by atoms with Crippen LogP contribution in [0.2, 0.25) is 5.02 Å². The van der Waals surface area contributed by atoms with Crippen molar-refractivity contribution < 1.29 is 4.74 Å². The number of hydrogen-bond acceptors (Lipinski definition) is 4. The first-order chi connectivity index (χ1) is 14.6. The molecule has 30 heavy (non-hydrogen) atoms. The molecule has 1 aromatic heterocycles. The van der Waals surface area contributed by atoms with Crippen molar-refractivity contribution in [2.75, 3.05) is 20.7 Å². The summed E-state index contributed by atoms with van der Waals surface area (Å²) in [6.07, 6.45) is 2.29. The molecule has 156 valence electrons. The second kappa shape index (κ2) is 8.75. The van der Waals surface area contributed by atoms with Crippen molar-refractivity contribution in [3.05, 3.63) is 64.9 Å². The Labute approximate surface area is 180 Å². The van der Waals surface area contributed by atoms with Crippen LogP contribution >= 0.6 is 11.6 Å². The molecular formula is C22H25ClN6O. The Morgan fingerprint density at radius 2 is 2.00 bits per heavy atom. The fourth-order valence-corrected chi connectivity index (χ4v) is 3.61. The van der Waals surface area contributed by atoms with Gasteiger partial charge >= 0.3 is 0 Å². The van der Waals surface area contributed by atoms with Crippen LogP contribution in [0.25, 0.3) is 11.4 Å². The van der Waals surface area contributed by atoms with Crippen LogP contribution in [0.1, 0.15) is 24.2 Å². The quantitative estimate of drug-likeness (QED) is 0.399. The van der Waals surface area contributed by atoms with E-state index >= 15 is 0 Å². The van der Waals surface area contributed by atoms with Crippen molar-refractivity contribution in [3.63, 3.8) is 0 Å². The Balaban J connectivity index is 1.32. The molecule has 0 atom stereocenters. The van der Waals surface area contributed by atoms with Gasteiger partial charge in [-0.25, -0.2) is 4.98 Å². The van der Waals surface area contributed by atoms with Crippen LogP contribution in [0.15, 0.2) is 53.5 Å². The number of hydrogen-bond donors (Lipinski definition) is 3. The molecule has 2 aromatic carbocycles. The number of aromatic nitrogens is 3. The summed E-state index contributed by atoms with van der Waals surface area (Å²) in [5, 5.41) is 14.8. The SMILES string of the molecule is CN=C(NCc1nc(-c2ccc(OC)cc2)n[nH]1)NCC1(c2cccc(Cl)c2)CC1. The van der Waals surface area contributed by atoms with Crippen molar-refractivity contribution in [3.8, 4) is 17.1 Å². The summed E-state index contributed by atoms with van der Waals surface area (Å²) in [7, 11) is 3.41. The summed E-state index contributed by atoms with van der Waals surface area (Å²) in [4.78, 5) is 8.87. The summed E-state index contributed by atoms with van der Waals surface area (Å²) in [5.41, 5.74) is 2.34. The lowest BCUT2D eigenvalue weighted by Crippen LogP contribution is -2.41. The van der Waals surface area contributed by atoms with Gasteiger partial charge in [0.2, 0.25) is 0 Å². The van der Waals surface area contributed by atoms with Gasteiger partial charge in [-0.15, -0.1) is 0 Å². The zero-order valence-corrected chi connectivity index (χ0v) is 17.8.